The number of rotatable bonds is 13. The summed E-state index contributed by atoms with van der Waals surface area (Å²) in [5.41, 5.74) is 2.72. The number of carbonyl (C=O) groups excluding carboxylic acids is 1. The van der Waals surface area contributed by atoms with Gasteiger partial charge in [-0.3, -0.25) is 9.69 Å². The second-order valence-electron chi connectivity index (χ2n) is 9.24. The highest BCUT2D eigenvalue weighted by atomic mass is 35.5. The zero-order valence-electron chi connectivity index (χ0n) is 21.0. The number of likely N-dealkylation sites (tertiary alicyclic amines) is 1. The van der Waals surface area contributed by atoms with Crippen molar-refractivity contribution in [2.45, 2.75) is 70.6 Å². The van der Waals surface area contributed by atoms with E-state index in [0.29, 0.717) is 37.4 Å². The number of hydrogen-bond donors (Lipinski definition) is 1. The Morgan fingerprint density at radius 2 is 2.03 bits per heavy atom. The van der Waals surface area contributed by atoms with Gasteiger partial charge in [0.25, 0.3) is 0 Å². The minimum Gasteiger partial charge on any atom is -0.466 e. The highest BCUT2D eigenvalue weighted by molar-refractivity contribution is 6.31. The van der Waals surface area contributed by atoms with E-state index in [9.17, 15) is 14.3 Å². The van der Waals surface area contributed by atoms with E-state index >= 15 is 0 Å². The van der Waals surface area contributed by atoms with Crippen molar-refractivity contribution in [2.24, 2.45) is 0 Å². The van der Waals surface area contributed by atoms with Gasteiger partial charge >= 0.3 is 5.97 Å². The highest BCUT2D eigenvalue weighted by Crippen LogP contribution is 2.31. The third kappa shape index (κ3) is 8.15. The van der Waals surface area contributed by atoms with Crippen molar-refractivity contribution in [1.29, 1.82) is 0 Å². The Labute approximate surface area is 223 Å². The van der Waals surface area contributed by atoms with Crippen LogP contribution in [0.1, 0.15) is 62.3 Å². The van der Waals surface area contributed by atoms with E-state index in [0.717, 1.165) is 36.1 Å². The molecule has 0 aromatic heterocycles. The fraction of sp³-hybridized carbons (Fsp3) is 0.536. The monoisotopic (exact) mass is 539 g/mol. The molecule has 0 radical (unpaired) electrons. The van der Waals surface area contributed by atoms with Crippen LogP contribution in [0.2, 0.25) is 10.0 Å². The number of nitrogens with zero attached hydrogens (tertiary/aromatic N) is 1. The van der Waals surface area contributed by atoms with Gasteiger partial charge in [0.1, 0.15) is 5.82 Å². The number of aliphatic hydroxyl groups excluding tert-OH is 1. The van der Waals surface area contributed by atoms with E-state index in [4.69, 9.17) is 32.7 Å². The average molecular weight is 541 g/mol. The molecule has 1 heterocycles. The molecule has 0 amide bonds. The molecule has 1 saturated heterocycles. The van der Waals surface area contributed by atoms with Gasteiger partial charge in [-0.15, -0.1) is 0 Å². The molecule has 3 atom stereocenters. The average Bonchev–Trinajstić information content (AvgIpc) is 3.27. The van der Waals surface area contributed by atoms with Crippen LogP contribution in [0.3, 0.4) is 0 Å². The van der Waals surface area contributed by atoms with Crippen molar-refractivity contribution in [3.8, 4) is 0 Å². The Hall–Kier alpha value is -1.70. The smallest absolute Gasteiger partial charge is 0.306 e. The molecule has 2 aromatic carbocycles. The summed E-state index contributed by atoms with van der Waals surface area (Å²) < 4.78 is 25.1. The molecule has 0 bridgehead atoms. The SMILES string of the molecule is CCOC(=O)CCc1c(Cl)cccc1C(CC)OC[C@H](O)CN1CCC[C@H]1Cc1ccc(Cl)c(F)c1. The first-order chi connectivity index (χ1) is 17.3. The normalized spacial score (nSPS) is 17.8. The minimum atomic E-state index is -0.663. The number of hydrogen-bond acceptors (Lipinski definition) is 5. The lowest BCUT2D eigenvalue weighted by molar-refractivity contribution is -0.143. The van der Waals surface area contributed by atoms with Gasteiger partial charge in [0.05, 0.1) is 30.4 Å². The minimum absolute atomic E-state index is 0.129. The number of halogens is 3. The van der Waals surface area contributed by atoms with E-state index in [1.807, 2.05) is 31.2 Å². The largest absolute Gasteiger partial charge is 0.466 e. The van der Waals surface area contributed by atoms with Crippen LogP contribution in [0.25, 0.3) is 0 Å². The standard InChI is InChI=1S/C28H36Cl2FNO4/c1-3-27(23-8-5-9-24(29)22(23)11-13-28(34)35-4-2)36-18-21(33)17-32-14-6-7-20(32)15-19-10-12-25(30)26(31)16-19/h5,8-10,12,16,20-21,27,33H,3-4,6-7,11,13-15,17-18H2,1-2H3/t20-,21+,27?/m0/s1. The van der Waals surface area contributed by atoms with Gasteiger partial charge in [-0.1, -0.05) is 48.3 Å². The summed E-state index contributed by atoms with van der Waals surface area (Å²) in [4.78, 5) is 14.1. The molecule has 36 heavy (non-hydrogen) atoms. The van der Waals surface area contributed by atoms with Crippen LogP contribution in [0.5, 0.6) is 0 Å². The molecule has 1 aliphatic rings. The number of β-amino-alcohol motifs (C(OH)–C–C–N with tert-alkyl or cyclic N) is 1. The predicted molar refractivity (Wildman–Crippen MR) is 141 cm³/mol. The summed E-state index contributed by atoms with van der Waals surface area (Å²) in [6.07, 6.45) is 3.26. The third-order valence-electron chi connectivity index (χ3n) is 6.65. The van der Waals surface area contributed by atoms with Gasteiger partial charge in [-0.25, -0.2) is 4.39 Å². The summed E-state index contributed by atoms with van der Waals surface area (Å²) in [6.45, 7) is 5.72. The lowest BCUT2D eigenvalue weighted by Crippen LogP contribution is -2.39. The Morgan fingerprint density at radius 3 is 2.75 bits per heavy atom. The number of esters is 1. The van der Waals surface area contributed by atoms with Crippen molar-refractivity contribution < 1.29 is 23.8 Å². The van der Waals surface area contributed by atoms with Crippen molar-refractivity contribution in [3.05, 3.63) is 69.0 Å². The van der Waals surface area contributed by atoms with Crippen molar-refractivity contribution in [2.75, 3.05) is 26.3 Å². The molecule has 5 nitrogen and oxygen atoms in total. The molecule has 0 saturated carbocycles. The molecule has 0 aliphatic carbocycles. The van der Waals surface area contributed by atoms with Crippen LogP contribution in [0, 0.1) is 5.82 Å². The second kappa shape index (κ2) is 14.3. The Balaban J connectivity index is 1.57. The first-order valence-electron chi connectivity index (χ1n) is 12.7. The lowest BCUT2D eigenvalue weighted by atomic mass is 9.97. The summed E-state index contributed by atoms with van der Waals surface area (Å²) in [5, 5.41) is 11.5. The van der Waals surface area contributed by atoms with Crippen LogP contribution >= 0.6 is 23.2 Å². The number of benzene rings is 2. The van der Waals surface area contributed by atoms with Crippen LogP contribution in [0.15, 0.2) is 36.4 Å². The molecule has 1 aliphatic heterocycles. The molecule has 1 fully saturated rings. The maximum atomic E-state index is 13.9. The molecule has 2 aromatic rings. The number of ether oxygens (including phenoxy) is 2. The van der Waals surface area contributed by atoms with E-state index in [1.54, 1.807) is 13.0 Å². The van der Waals surface area contributed by atoms with E-state index in [2.05, 4.69) is 4.90 Å². The summed E-state index contributed by atoms with van der Waals surface area (Å²) >= 11 is 12.3. The lowest BCUT2D eigenvalue weighted by Gasteiger charge is -2.28. The van der Waals surface area contributed by atoms with Gasteiger partial charge in [0.15, 0.2) is 0 Å². The number of aliphatic hydroxyl groups is 1. The predicted octanol–water partition coefficient (Wildman–Crippen LogP) is 6.16. The molecular weight excluding hydrogens is 504 g/mol. The van der Waals surface area contributed by atoms with Crippen LogP contribution in [-0.2, 0) is 27.1 Å². The van der Waals surface area contributed by atoms with Crippen LogP contribution in [0.4, 0.5) is 4.39 Å². The topological polar surface area (TPSA) is 59.0 Å². The zero-order chi connectivity index (χ0) is 26.1. The van der Waals surface area contributed by atoms with E-state index in [1.165, 1.54) is 6.07 Å². The number of carbonyl (C=O) groups is 1. The molecule has 3 rings (SSSR count). The molecular formula is C28H36Cl2FNO4. The van der Waals surface area contributed by atoms with Gasteiger partial charge in [-0.2, -0.15) is 0 Å². The fourth-order valence-electron chi connectivity index (χ4n) is 4.88. The second-order valence-corrected chi connectivity index (χ2v) is 10.1. The molecule has 8 heteroatoms. The molecule has 1 unspecified atom stereocenters. The van der Waals surface area contributed by atoms with Crippen molar-refractivity contribution >= 4 is 29.2 Å². The molecule has 1 N–H and O–H groups in total. The Morgan fingerprint density at radius 1 is 1.22 bits per heavy atom. The maximum Gasteiger partial charge on any atom is 0.306 e. The molecule has 198 valence electrons. The third-order valence-corrected chi connectivity index (χ3v) is 7.31. The Bertz CT molecular complexity index is 1010. The van der Waals surface area contributed by atoms with Gasteiger partial charge in [-0.05, 0) is 80.5 Å². The van der Waals surface area contributed by atoms with E-state index in [-0.39, 0.29) is 36.2 Å². The fourth-order valence-corrected chi connectivity index (χ4v) is 5.28. The zero-order valence-corrected chi connectivity index (χ0v) is 22.5. The summed E-state index contributed by atoms with van der Waals surface area (Å²) in [5.74, 6) is -0.658. The van der Waals surface area contributed by atoms with Gasteiger partial charge in [0.2, 0.25) is 0 Å². The molecule has 0 spiro atoms. The van der Waals surface area contributed by atoms with Crippen molar-refractivity contribution in [3.63, 3.8) is 0 Å². The summed E-state index contributed by atoms with van der Waals surface area (Å²) in [7, 11) is 0. The van der Waals surface area contributed by atoms with Crippen molar-refractivity contribution in [1.82, 2.24) is 4.90 Å². The summed E-state index contributed by atoms with van der Waals surface area (Å²) in [6, 6.07) is 10.8. The first-order valence-corrected chi connectivity index (χ1v) is 13.5. The first kappa shape index (κ1) is 28.9. The van der Waals surface area contributed by atoms with Crippen LogP contribution < -0.4 is 0 Å². The van der Waals surface area contributed by atoms with Gasteiger partial charge < -0.3 is 14.6 Å². The highest BCUT2D eigenvalue weighted by Gasteiger charge is 2.27. The van der Waals surface area contributed by atoms with Crippen LogP contribution in [-0.4, -0.2) is 54.4 Å². The van der Waals surface area contributed by atoms with E-state index < -0.39 is 11.9 Å². The Kier molecular flexibility index (Phi) is 11.5. The maximum absolute atomic E-state index is 13.9. The van der Waals surface area contributed by atoms with Gasteiger partial charge in [0, 0.05) is 24.0 Å². The quantitative estimate of drug-likeness (QED) is 0.308.